The number of hydrogen-bond acceptors (Lipinski definition) is 4. The smallest absolute Gasteiger partial charge is 0.306 e. The summed E-state index contributed by atoms with van der Waals surface area (Å²) in [7, 11) is 0. The first-order valence-electron chi connectivity index (χ1n) is 6.53. The van der Waals surface area contributed by atoms with Crippen LogP contribution >= 0.6 is 0 Å². The lowest BCUT2D eigenvalue weighted by atomic mass is 9.94. The van der Waals surface area contributed by atoms with Crippen LogP contribution in [0.4, 0.5) is 0 Å². The van der Waals surface area contributed by atoms with Crippen LogP contribution in [0.3, 0.4) is 0 Å². The number of ether oxygens (including phenoxy) is 2. The molecule has 0 saturated heterocycles. The number of hydrogen-bond donors (Lipinski definition) is 1. The fraction of sp³-hybridized carbons (Fsp3) is 0.923. The molecule has 0 aliphatic heterocycles. The number of nitrogens with two attached hydrogens (primary N) is 1. The van der Waals surface area contributed by atoms with Crippen molar-refractivity contribution < 1.29 is 14.3 Å². The molecular formula is C13H27NO3. The Balaban J connectivity index is 3.61. The predicted molar refractivity (Wildman–Crippen MR) is 68.7 cm³/mol. The Bertz CT molecular complexity index is 195. The second-order valence-corrected chi connectivity index (χ2v) is 4.77. The molecule has 0 aromatic heterocycles. The molecule has 2 N–H and O–H groups in total. The van der Waals surface area contributed by atoms with Crippen LogP contribution in [0, 0.1) is 11.8 Å². The van der Waals surface area contributed by atoms with Crippen LogP contribution in [0.15, 0.2) is 0 Å². The Morgan fingerprint density at radius 2 is 1.94 bits per heavy atom. The van der Waals surface area contributed by atoms with Gasteiger partial charge in [-0.25, -0.2) is 0 Å². The summed E-state index contributed by atoms with van der Waals surface area (Å²) in [4.78, 5) is 11.5. The van der Waals surface area contributed by atoms with Crippen molar-refractivity contribution in [3.8, 4) is 0 Å². The van der Waals surface area contributed by atoms with Gasteiger partial charge in [-0.05, 0) is 31.2 Å². The van der Waals surface area contributed by atoms with E-state index in [9.17, 15) is 4.79 Å². The maximum Gasteiger partial charge on any atom is 0.306 e. The van der Waals surface area contributed by atoms with Crippen LogP contribution < -0.4 is 5.73 Å². The second-order valence-electron chi connectivity index (χ2n) is 4.77. The molecule has 0 aromatic carbocycles. The molecule has 0 fully saturated rings. The van der Waals surface area contributed by atoms with Gasteiger partial charge in [0, 0.05) is 13.0 Å². The summed E-state index contributed by atoms with van der Waals surface area (Å²) < 4.78 is 10.3. The van der Waals surface area contributed by atoms with Crippen LogP contribution in [0.1, 0.15) is 40.0 Å². The first-order valence-corrected chi connectivity index (χ1v) is 6.53. The molecular weight excluding hydrogens is 218 g/mol. The van der Waals surface area contributed by atoms with Gasteiger partial charge in [0.25, 0.3) is 0 Å². The second kappa shape index (κ2) is 10.5. The Hall–Kier alpha value is -0.610. The molecule has 0 amide bonds. The van der Waals surface area contributed by atoms with Crippen LogP contribution in [-0.2, 0) is 14.3 Å². The van der Waals surface area contributed by atoms with Crippen LogP contribution in [0.25, 0.3) is 0 Å². The normalized spacial score (nSPS) is 12.8. The van der Waals surface area contributed by atoms with E-state index in [2.05, 4.69) is 13.8 Å². The molecule has 0 rings (SSSR count). The van der Waals surface area contributed by atoms with Gasteiger partial charge >= 0.3 is 5.97 Å². The maximum absolute atomic E-state index is 11.5. The molecule has 1 atom stereocenters. The highest BCUT2D eigenvalue weighted by molar-refractivity contribution is 5.69. The molecule has 0 aliphatic carbocycles. The largest absolute Gasteiger partial charge is 0.463 e. The highest BCUT2D eigenvalue weighted by atomic mass is 16.6. The van der Waals surface area contributed by atoms with Crippen LogP contribution in [0.5, 0.6) is 0 Å². The average molecular weight is 245 g/mol. The van der Waals surface area contributed by atoms with Crippen molar-refractivity contribution in [1.29, 1.82) is 0 Å². The standard InChI is InChI=1S/C13H27NO3/c1-4-5-16-6-7-17-13(15)9-12(10-14)8-11(2)3/h11-12H,4-10,14H2,1-3H3. The zero-order valence-corrected chi connectivity index (χ0v) is 11.4. The summed E-state index contributed by atoms with van der Waals surface area (Å²) >= 11 is 0. The minimum absolute atomic E-state index is 0.166. The van der Waals surface area contributed by atoms with Gasteiger partial charge in [-0.2, -0.15) is 0 Å². The van der Waals surface area contributed by atoms with Crippen molar-refractivity contribution in [3.63, 3.8) is 0 Å². The van der Waals surface area contributed by atoms with E-state index in [1.807, 2.05) is 6.92 Å². The SMILES string of the molecule is CCCOCCOC(=O)CC(CN)CC(C)C. The molecule has 0 spiro atoms. The van der Waals surface area contributed by atoms with E-state index in [1.54, 1.807) is 0 Å². The van der Waals surface area contributed by atoms with Crippen LogP contribution in [-0.4, -0.2) is 32.3 Å². The molecule has 0 radical (unpaired) electrons. The molecule has 17 heavy (non-hydrogen) atoms. The summed E-state index contributed by atoms with van der Waals surface area (Å²) in [5.41, 5.74) is 5.63. The summed E-state index contributed by atoms with van der Waals surface area (Å²) in [6.45, 7) is 8.40. The van der Waals surface area contributed by atoms with Crippen LogP contribution in [0.2, 0.25) is 0 Å². The van der Waals surface area contributed by atoms with Gasteiger partial charge in [-0.3, -0.25) is 4.79 Å². The van der Waals surface area contributed by atoms with Crippen molar-refractivity contribution in [2.24, 2.45) is 17.6 Å². The lowest BCUT2D eigenvalue weighted by Gasteiger charge is -2.16. The topological polar surface area (TPSA) is 61.5 Å². The van der Waals surface area contributed by atoms with Gasteiger partial charge in [0.1, 0.15) is 6.61 Å². The van der Waals surface area contributed by atoms with Gasteiger partial charge in [-0.1, -0.05) is 20.8 Å². The quantitative estimate of drug-likeness (QED) is 0.472. The molecule has 1 unspecified atom stereocenters. The van der Waals surface area contributed by atoms with Gasteiger partial charge < -0.3 is 15.2 Å². The van der Waals surface area contributed by atoms with E-state index in [1.165, 1.54) is 0 Å². The Labute approximate surface area is 105 Å². The van der Waals surface area contributed by atoms with Gasteiger partial charge in [0.05, 0.1) is 6.61 Å². The fourth-order valence-electron chi connectivity index (χ4n) is 1.69. The van der Waals surface area contributed by atoms with Crippen molar-refractivity contribution in [3.05, 3.63) is 0 Å². The molecule has 0 aromatic rings. The number of esters is 1. The van der Waals surface area contributed by atoms with E-state index < -0.39 is 0 Å². The third kappa shape index (κ3) is 10.3. The lowest BCUT2D eigenvalue weighted by Crippen LogP contribution is -2.22. The number of carbonyl (C=O) groups is 1. The van der Waals surface area contributed by atoms with Crippen molar-refractivity contribution in [1.82, 2.24) is 0 Å². The first-order chi connectivity index (χ1) is 8.10. The number of rotatable bonds is 10. The van der Waals surface area contributed by atoms with E-state index in [-0.39, 0.29) is 11.9 Å². The summed E-state index contributed by atoms with van der Waals surface area (Å²) in [6, 6.07) is 0. The number of carbonyl (C=O) groups excluding carboxylic acids is 1. The summed E-state index contributed by atoms with van der Waals surface area (Å²) in [5.74, 6) is 0.629. The molecule has 0 saturated carbocycles. The Morgan fingerprint density at radius 1 is 1.24 bits per heavy atom. The van der Waals surface area contributed by atoms with Crippen molar-refractivity contribution in [2.45, 2.75) is 40.0 Å². The molecule has 0 bridgehead atoms. The predicted octanol–water partition coefficient (Wildman–Crippen LogP) is 1.97. The zero-order valence-electron chi connectivity index (χ0n) is 11.4. The Morgan fingerprint density at radius 3 is 2.47 bits per heavy atom. The van der Waals surface area contributed by atoms with E-state index in [0.717, 1.165) is 19.4 Å². The minimum atomic E-state index is -0.166. The highest BCUT2D eigenvalue weighted by Gasteiger charge is 2.14. The average Bonchev–Trinajstić information content (AvgIpc) is 2.27. The monoisotopic (exact) mass is 245 g/mol. The third-order valence-corrected chi connectivity index (χ3v) is 2.43. The fourth-order valence-corrected chi connectivity index (χ4v) is 1.69. The minimum Gasteiger partial charge on any atom is -0.463 e. The summed E-state index contributed by atoms with van der Waals surface area (Å²) in [6.07, 6.45) is 2.37. The van der Waals surface area contributed by atoms with E-state index >= 15 is 0 Å². The maximum atomic E-state index is 11.5. The summed E-state index contributed by atoms with van der Waals surface area (Å²) in [5, 5.41) is 0. The molecule has 0 heterocycles. The molecule has 102 valence electrons. The third-order valence-electron chi connectivity index (χ3n) is 2.43. The first kappa shape index (κ1) is 16.4. The molecule has 4 heteroatoms. The van der Waals surface area contributed by atoms with Gasteiger partial charge in [0.2, 0.25) is 0 Å². The van der Waals surface area contributed by atoms with E-state index in [4.69, 9.17) is 15.2 Å². The molecule has 4 nitrogen and oxygen atoms in total. The Kier molecular flexibility index (Phi) is 10.2. The van der Waals surface area contributed by atoms with Crippen molar-refractivity contribution in [2.75, 3.05) is 26.4 Å². The van der Waals surface area contributed by atoms with Crippen molar-refractivity contribution >= 4 is 5.97 Å². The van der Waals surface area contributed by atoms with Gasteiger partial charge in [-0.15, -0.1) is 0 Å². The van der Waals surface area contributed by atoms with Gasteiger partial charge in [0.15, 0.2) is 0 Å². The molecule has 0 aliphatic rings. The highest BCUT2D eigenvalue weighted by Crippen LogP contribution is 2.14. The van der Waals surface area contributed by atoms with E-state index in [0.29, 0.717) is 32.1 Å². The lowest BCUT2D eigenvalue weighted by molar-refractivity contribution is -0.146. The zero-order chi connectivity index (χ0) is 13.1.